The van der Waals surface area contributed by atoms with Gasteiger partial charge in [-0.25, -0.2) is 4.79 Å². The average Bonchev–Trinajstić information content (AvgIpc) is 3.24. The summed E-state index contributed by atoms with van der Waals surface area (Å²) in [6.45, 7) is 10.6. The second-order valence-electron chi connectivity index (χ2n) is 8.03. The van der Waals surface area contributed by atoms with E-state index in [-0.39, 0.29) is 5.91 Å². The van der Waals surface area contributed by atoms with E-state index < -0.39 is 12.1 Å². The molecule has 164 valence electrons. The van der Waals surface area contributed by atoms with Gasteiger partial charge in [-0.2, -0.15) is 18.3 Å². The number of carboxylic acids is 1. The van der Waals surface area contributed by atoms with E-state index in [1.165, 1.54) is 6.42 Å². The summed E-state index contributed by atoms with van der Waals surface area (Å²) in [5.41, 5.74) is 2.97. The van der Waals surface area contributed by atoms with E-state index in [1.807, 2.05) is 4.90 Å². The molecule has 3 rings (SSSR count). The quantitative estimate of drug-likeness (QED) is 0.785. The maximum absolute atomic E-state index is 12.8. The molecule has 2 aliphatic rings. The number of halogens is 3. The average molecular weight is 418 g/mol. The van der Waals surface area contributed by atoms with Crippen molar-refractivity contribution in [1.29, 1.82) is 0 Å². The number of nitrogens with one attached hydrogen (secondary N) is 1. The minimum absolute atomic E-state index is 0.119. The molecule has 1 fully saturated rings. The summed E-state index contributed by atoms with van der Waals surface area (Å²) in [4.78, 5) is 26.1. The molecule has 29 heavy (non-hydrogen) atoms. The largest absolute Gasteiger partial charge is 0.490 e. The van der Waals surface area contributed by atoms with Crippen LogP contribution in [0.2, 0.25) is 0 Å². The van der Waals surface area contributed by atoms with Crippen LogP contribution in [0.25, 0.3) is 0 Å². The number of amides is 1. The Morgan fingerprint density at radius 1 is 1.31 bits per heavy atom. The number of H-pyrrole nitrogens is 1. The third kappa shape index (κ3) is 6.19. The molecule has 0 spiro atoms. The lowest BCUT2D eigenvalue weighted by Gasteiger charge is -2.28. The third-order valence-electron chi connectivity index (χ3n) is 5.29. The highest BCUT2D eigenvalue weighted by Gasteiger charge is 2.38. The topological polar surface area (TPSA) is 89.5 Å². The molecule has 1 atom stereocenters. The van der Waals surface area contributed by atoms with Crippen LogP contribution in [0.15, 0.2) is 0 Å². The first kappa shape index (κ1) is 23.2. The van der Waals surface area contributed by atoms with Gasteiger partial charge in [0.25, 0.3) is 5.91 Å². The van der Waals surface area contributed by atoms with Gasteiger partial charge in [0.15, 0.2) is 5.69 Å². The summed E-state index contributed by atoms with van der Waals surface area (Å²) >= 11 is 0. The van der Waals surface area contributed by atoms with Crippen molar-refractivity contribution in [1.82, 2.24) is 20.0 Å². The van der Waals surface area contributed by atoms with Crippen molar-refractivity contribution in [3.05, 3.63) is 17.0 Å². The molecule has 1 aromatic rings. The van der Waals surface area contributed by atoms with Crippen LogP contribution in [0, 0.1) is 5.92 Å². The van der Waals surface area contributed by atoms with Crippen molar-refractivity contribution < 1.29 is 27.9 Å². The van der Waals surface area contributed by atoms with Gasteiger partial charge in [0.05, 0.1) is 0 Å². The monoisotopic (exact) mass is 418 g/mol. The Balaban J connectivity index is 0.000000370. The highest BCUT2D eigenvalue weighted by atomic mass is 19.4. The van der Waals surface area contributed by atoms with Crippen molar-refractivity contribution in [3.63, 3.8) is 0 Å². The summed E-state index contributed by atoms with van der Waals surface area (Å²) in [5.74, 6) is -1.92. The molecule has 2 aliphatic heterocycles. The number of hydrogen-bond acceptors (Lipinski definition) is 4. The molecule has 0 bridgehead atoms. The lowest BCUT2D eigenvalue weighted by Crippen LogP contribution is -2.36. The fraction of sp³-hybridized carbons (Fsp3) is 0.737. The van der Waals surface area contributed by atoms with Crippen LogP contribution in [0.1, 0.15) is 61.8 Å². The zero-order valence-electron chi connectivity index (χ0n) is 17.1. The normalized spacial score (nSPS) is 19.7. The fourth-order valence-corrected chi connectivity index (χ4v) is 3.53. The van der Waals surface area contributed by atoms with Gasteiger partial charge in [-0.05, 0) is 38.6 Å². The van der Waals surface area contributed by atoms with E-state index in [0.717, 1.165) is 62.6 Å². The number of fused-ring (bicyclic) bond motifs is 1. The van der Waals surface area contributed by atoms with E-state index in [0.29, 0.717) is 11.7 Å². The van der Waals surface area contributed by atoms with Crippen molar-refractivity contribution >= 4 is 11.9 Å². The smallest absolute Gasteiger partial charge is 0.475 e. The number of aromatic nitrogens is 2. The molecular formula is C19H29F3N4O3. The van der Waals surface area contributed by atoms with Crippen LogP contribution >= 0.6 is 0 Å². The molecular weight excluding hydrogens is 389 g/mol. The number of carbonyl (C=O) groups excluding carboxylic acids is 1. The third-order valence-corrected chi connectivity index (χ3v) is 5.29. The maximum atomic E-state index is 12.8. The molecule has 10 heteroatoms. The van der Waals surface area contributed by atoms with E-state index in [2.05, 4.69) is 35.9 Å². The molecule has 1 unspecified atom stereocenters. The minimum atomic E-state index is -5.08. The Morgan fingerprint density at radius 2 is 1.97 bits per heavy atom. The number of carbonyl (C=O) groups is 2. The molecule has 0 aliphatic carbocycles. The van der Waals surface area contributed by atoms with Gasteiger partial charge >= 0.3 is 12.1 Å². The SMILES string of the molecule is CC(C)CCN1CCc2[nH]nc(C(=O)N3CCCC3C)c2C1.O=C(O)C(F)(F)F. The highest BCUT2D eigenvalue weighted by molar-refractivity contribution is 5.94. The Morgan fingerprint density at radius 3 is 2.48 bits per heavy atom. The Bertz CT molecular complexity index is 718. The predicted molar refractivity (Wildman–Crippen MR) is 100 cm³/mol. The standard InChI is InChI=1S/C17H28N4O.C2HF3O2/c1-12(2)6-9-20-10-7-15-14(11-20)16(19-18-15)17(22)21-8-4-5-13(21)3;3-2(4,5)1(6)7/h12-13H,4-11H2,1-3H3,(H,18,19);(H,6,7). The Labute approximate surface area is 168 Å². The number of likely N-dealkylation sites (tertiary alicyclic amines) is 1. The lowest BCUT2D eigenvalue weighted by atomic mass is 10.0. The van der Waals surface area contributed by atoms with Gasteiger partial charge in [0, 0.05) is 43.4 Å². The maximum Gasteiger partial charge on any atom is 0.490 e. The van der Waals surface area contributed by atoms with Gasteiger partial charge in [0.1, 0.15) is 0 Å². The van der Waals surface area contributed by atoms with E-state index in [1.54, 1.807) is 0 Å². The van der Waals surface area contributed by atoms with E-state index >= 15 is 0 Å². The van der Waals surface area contributed by atoms with E-state index in [9.17, 15) is 18.0 Å². The molecule has 2 N–H and O–H groups in total. The number of aromatic amines is 1. The fourth-order valence-electron chi connectivity index (χ4n) is 3.53. The zero-order valence-corrected chi connectivity index (χ0v) is 17.1. The number of aliphatic carboxylic acids is 1. The summed E-state index contributed by atoms with van der Waals surface area (Å²) in [6.07, 6.45) is -0.679. The second-order valence-corrected chi connectivity index (χ2v) is 8.03. The van der Waals surface area contributed by atoms with E-state index in [4.69, 9.17) is 9.90 Å². The molecule has 1 amide bonds. The first-order valence-corrected chi connectivity index (χ1v) is 9.90. The van der Waals surface area contributed by atoms with Crippen molar-refractivity contribution in [2.45, 2.75) is 65.2 Å². The molecule has 0 aromatic carbocycles. The van der Waals surface area contributed by atoms with Crippen molar-refractivity contribution in [2.75, 3.05) is 19.6 Å². The van der Waals surface area contributed by atoms with Crippen molar-refractivity contribution in [2.24, 2.45) is 5.92 Å². The van der Waals surface area contributed by atoms with Crippen LogP contribution in [0.3, 0.4) is 0 Å². The first-order valence-electron chi connectivity index (χ1n) is 9.90. The minimum Gasteiger partial charge on any atom is -0.475 e. The number of hydrogen-bond donors (Lipinski definition) is 2. The van der Waals surface area contributed by atoms with Gasteiger partial charge in [-0.1, -0.05) is 13.8 Å². The number of rotatable bonds is 4. The molecule has 0 radical (unpaired) electrons. The summed E-state index contributed by atoms with van der Waals surface area (Å²) < 4.78 is 31.7. The zero-order chi connectivity index (χ0) is 21.8. The highest BCUT2D eigenvalue weighted by Crippen LogP contribution is 2.25. The summed E-state index contributed by atoms with van der Waals surface area (Å²) in [5, 5.41) is 14.6. The van der Waals surface area contributed by atoms with Crippen molar-refractivity contribution in [3.8, 4) is 0 Å². The molecule has 1 aromatic heterocycles. The molecule has 7 nitrogen and oxygen atoms in total. The van der Waals surface area contributed by atoms with Crippen LogP contribution < -0.4 is 0 Å². The first-order chi connectivity index (χ1) is 13.5. The summed E-state index contributed by atoms with van der Waals surface area (Å²) in [7, 11) is 0. The second kappa shape index (κ2) is 9.60. The number of nitrogens with zero attached hydrogens (tertiary/aromatic N) is 3. The Kier molecular flexibility index (Phi) is 7.67. The lowest BCUT2D eigenvalue weighted by molar-refractivity contribution is -0.192. The number of carboxylic acid groups (broad SMARTS) is 1. The molecule has 1 saturated heterocycles. The predicted octanol–water partition coefficient (Wildman–Crippen LogP) is 3.07. The molecule has 3 heterocycles. The number of alkyl halides is 3. The molecule has 0 saturated carbocycles. The Hall–Kier alpha value is -2.10. The van der Waals surface area contributed by atoms with Crippen LogP contribution in [0.4, 0.5) is 13.2 Å². The van der Waals surface area contributed by atoms with Gasteiger partial charge < -0.3 is 10.0 Å². The van der Waals surface area contributed by atoms with Gasteiger partial charge in [-0.15, -0.1) is 0 Å². The van der Waals surface area contributed by atoms with Gasteiger partial charge in [-0.3, -0.25) is 14.8 Å². The van der Waals surface area contributed by atoms with Crippen LogP contribution in [-0.4, -0.2) is 68.8 Å². The van der Waals surface area contributed by atoms with Gasteiger partial charge in [0.2, 0.25) is 0 Å². The van der Waals surface area contributed by atoms with Crippen LogP contribution in [-0.2, 0) is 17.8 Å². The van der Waals surface area contributed by atoms with Crippen LogP contribution in [0.5, 0.6) is 0 Å². The summed E-state index contributed by atoms with van der Waals surface area (Å²) in [6, 6.07) is 0.348.